The van der Waals surface area contributed by atoms with Crippen LogP contribution in [-0.2, 0) is 29.2 Å². The average molecular weight is 813 g/mol. The zero-order valence-corrected chi connectivity index (χ0v) is 36.5. The number of ether oxygens (including phenoxy) is 1. The lowest BCUT2D eigenvalue weighted by Gasteiger charge is -2.18. The molecule has 2 atom stereocenters. The van der Waals surface area contributed by atoms with Crippen LogP contribution < -0.4 is 10.1 Å². The van der Waals surface area contributed by atoms with Gasteiger partial charge in [-0.25, -0.2) is 9.97 Å². The maximum absolute atomic E-state index is 10.7. The second-order valence-corrected chi connectivity index (χ2v) is 15.1. The molecule has 11 heteroatoms. The Kier molecular flexibility index (Phi) is 20.1. The summed E-state index contributed by atoms with van der Waals surface area (Å²) in [5, 5.41) is 2.75. The number of hydrogen-bond donors (Lipinski definition) is 3. The molecule has 0 bridgehead atoms. The predicted octanol–water partition coefficient (Wildman–Crippen LogP) is 8.41. The number of aromatic amines is 2. The molecule has 318 valence electrons. The molecule has 1 fully saturated rings. The van der Waals surface area contributed by atoms with Crippen molar-refractivity contribution in [3.8, 4) is 28.3 Å². The van der Waals surface area contributed by atoms with E-state index in [-0.39, 0.29) is 6.04 Å². The Labute approximate surface area is 357 Å². The molecule has 0 aliphatic carbocycles. The summed E-state index contributed by atoms with van der Waals surface area (Å²) in [6.07, 6.45) is 9.78. The Morgan fingerprint density at radius 3 is 1.98 bits per heavy atom. The Balaban J connectivity index is 0.000000268. The SMILES string of the molecule is CCCN(C)Cc1ncc(-c2ccc(COc3ccc(-c4cnc([C@@H]5CCCN5C)[nH]4)cc3)cc2)[nH]1.CN(C)C(C=O)c1ccccc1.CNC.O=CCc1ccccc1. The number of benzene rings is 4. The molecule has 6 aromatic rings. The number of carbonyl (C=O) groups is 2. The molecule has 60 heavy (non-hydrogen) atoms. The maximum Gasteiger partial charge on any atom is 0.141 e. The first kappa shape index (κ1) is 47.0. The van der Waals surface area contributed by atoms with Crippen molar-refractivity contribution in [3.05, 3.63) is 150 Å². The minimum Gasteiger partial charge on any atom is -0.489 e. The largest absolute Gasteiger partial charge is 0.489 e. The maximum atomic E-state index is 10.7. The number of H-pyrrole nitrogens is 2. The third kappa shape index (κ3) is 15.1. The van der Waals surface area contributed by atoms with Crippen LogP contribution in [0.3, 0.4) is 0 Å². The summed E-state index contributed by atoms with van der Waals surface area (Å²) in [4.78, 5) is 43.3. The van der Waals surface area contributed by atoms with E-state index < -0.39 is 0 Å². The van der Waals surface area contributed by atoms with Gasteiger partial charge in [-0.05, 0) is 127 Å². The molecular formula is C49H64N8O3. The molecule has 1 aliphatic rings. The van der Waals surface area contributed by atoms with Gasteiger partial charge in [0.2, 0.25) is 0 Å². The predicted molar refractivity (Wildman–Crippen MR) is 244 cm³/mol. The molecule has 7 rings (SSSR count). The zero-order valence-electron chi connectivity index (χ0n) is 36.5. The lowest BCUT2D eigenvalue weighted by molar-refractivity contribution is -0.111. The molecule has 4 aromatic carbocycles. The topological polar surface area (TPSA) is 122 Å². The standard InChI is InChI=1S/C29H36N6O.C10H13NO.C8H8O.C2H7N/c1-4-15-34(2)19-28-30-17-25(32-28)22-9-7-21(8-10-22)20-36-24-13-11-23(12-14-24)26-18-31-29(33-26)27-6-5-16-35(27)3;1-11(2)10(8-12)9-6-4-3-5-7-9;9-7-6-8-4-2-1-3-5-8;1-3-2/h7-14,17-18,27H,4-6,15-16,19-20H2,1-3H3,(H,30,32)(H,31,33);3-8,10H,1-2H3;1-5,7H,6H2;3H,1-2H3/t27-;;;/m0.../s1. The molecule has 3 N–H and O–H groups in total. The van der Waals surface area contributed by atoms with Crippen LogP contribution in [0, 0.1) is 0 Å². The highest BCUT2D eigenvalue weighted by Gasteiger charge is 2.25. The van der Waals surface area contributed by atoms with Gasteiger partial charge in [0.05, 0.1) is 42.4 Å². The van der Waals surface area contributed by atoms with Gasteiger partial charge >= 0.3 is 0 Å². The fourth-order valence-corrected chi connectivity index (χ4v) is 6.75. The van der Waals surface area contributed by atoms with E-state index in [2.05, 4.69) is 92.5 Å². The van der Waals surface area contributed by atoms with Gasteiger partial charge in [0.1, 0.15) is 36.6 Å². The van der Waals surface area contributed by atoms with Crippen molar-refractivity contribution in [1.29, 1.82) is 0 Å². The van der Waals surface area contributed by atoms with E-state index in [4.69, 9.17) is 4.74 Å². The van der Waals surface area contributed by atoms with Gasteiger partial charge in [0, 0.05) is 6.42 Å². The van der Waals surface area contributed by atoms with Crippen molar-refractivity contribution < 1.29 is 14.3 Å². The Morgan fingerprint density at radius 1 is 0.817 bits per heavy atom. The molecule has 0 spiro atoms. The highest BCUT2D eigenvalue weighted by molar-refractivity contribution is 5.62. The quantitative estimate of drug-likeness (QED) is 0.0878. The van der Waals surface area contributed by atoms with Gasteiger partial charge in [0.15, 0.2) is 0 Å². The number of carbonyl (C=O) groups excluding carboxylic acids is 2. The number of nitrogens with zero attached hydrogens (tertiary/aromatic N) is 5. The van der Waals surface area contributed by atoms with Crippen molar-refractivity contribution in [2.45, 2.75) is 57.8 Å². The summed E-state index contributed by atoms with van der Waals surface area (Å²) in [5.41, 5.74) is 7.58. The number of likely N-dealkylation sites (N-methyl/N-ethyl adjacent to an activating group) is 1. The van der Waals surface area contributed by atoms with E-state index in [0.717, 1.165) is 102 Å². The van der Waals surface area contributed by atoms with E-state index in [1.165, 1.54) is 6.42 Å². The highest BCUT2D eigenvalue weighted by atomic mass is 16.5. The van der Waals surface area contributed by atoms with Crippen LogP contribution >= 0.6 is 0 Å². The average Bonchev–Trinajstić information content (AvgIpc) is 4.04. The van der Waals surface area contributed by atoms with Crippen LogP contribution in [0.5, 0.6) is 5.75 Å². The van der Waals surface area contributed by atoms with Gasteiger partial charge in [-0.3, -0.25) is 14.7 Å². The second-order valence-electron chi connectivity index (χ2n) is 15.1. The van der Waals surface area contributed by atoms with Gasteiger partial charge in [-0.1, -0.05) is 91.9 Å². The van der Waals surface area contributed by atoms with Gasteiger partial charge in [-0.15, -0.1) is 0 Å². The first-order valence-electron chi connectivity index (χ1n) is 20.7. The lowest BCUT2D eigenvalue weighted by Crippen LogP contribution is -2.20. The minimum absolute atomic E-state index is 0.119. The number of aromatic nitrogens is 4. The highest BCUT2D eigenvalue weighted by Crippen LogP contribution is 2.30. The molecule has 1 aliphatic heterocycles. The summed E-state index contributed by atoms with van der Waals surface area (Å²) >= 11 is 0. The van der Waals surface area contributed by atoms with E-state index in [1.54, 1.807) is 0 Å². The number of nitrogens with one attached hydrogen (secondary N) is 3. The Morgan fingerprint density at radius 2 is 1.42 bits per heavy atom. The Bertz CT molecular complexity index is 2070. The van der Waals surface area contributed by atoms with E-state index in [9.17, 15) is 9.59 Å². The van der Waals surface area contributed by atoms with Crippen LogP contribution in [0.2, 0.25) is 0 Å². The fourth-order valence-electron chi connectivity index (χ4n) is 6.75. The summed E-state index contributed by atoms with van der Waals surface area (Å²) in [7, 11) is 11.8. The monoisotopic (exact) mass is 813 g/mol. The first-order chi connectivity index (χ1) is 29.2. The number of imidazole rings is 2. The van der Waals surface area contributed by atoms with Crippen LogP contribution in [0.15, 0.2) is 122 Å². The minimum atomic E-state index is -0.119. The van der Waals surface area contributed by atoms with Crippen molar-refractivity contribution in [3.63, 3.8) is 0 Å². The van der Waals surface area contributed by atoms with Gasteiger partial charge in [0.25, 0.3) is 0 Å². The third-order valence-corrected chi connectivity index (χ3v) is 9.91. The molecule has 2 aromatic heterocycles. The number of aldehydes is 2. The summed E-state index contributed by atoms with van der Waals surface area (Å²) in [6.45, 7) is 5.75. The van der Waals surface area contributed by atoms with Crippen LogP contribution in [0.1, 0.15) is 66.6 Å². The second kappa shape index (κ2) is 25.7. The number of rotatable bonds is 15. The molecule has 1 unspecified atom stereocenters. The third-order valence-electron chi connectivity index (χ3n) is 9.91. The molecule has 0 radical (unpaired) electrons. The number of hydrogen-bond acceptors (Lipinski definition) is 9. The summed E-state index contributed by atoms with van der Waals surface area (Å²) in [5.74, 6) is 2.91. The summed E-state index contributed by atoms with van der Waals surface area (Å²) in [6, 6.07) is 36.4. The van der Waals surface area contributed by atoms with Crippen molar-refractivity contribution in [2.24, 2.45) is 0 Å². The molecule has 0 amide bonds. The molecule has 0 saturated carbocycles. The number of likely N-dealkylation sites (tertiary alicyclic amines) is 1. The Hall–Kier alpha value is -5.72. The van der Waals surface area contributed by atoms with Gasteiger partial charge < -0.3 is 29.6 Å². The fraction of sp³-hybridized carbons (Fsp3) is 0.347. The first-order valence-corrected chi connectivity index (χ1v) is 20.7. The van der Waals surface area contributed by atoms with Crippen molar-refractivity contribution >= 4 is 12.6 Å². The van der Waals surface area contributed by atoms with E-state index in [1.807, 2.05) is 118 Å². The summed E-state index contributed by atoms with van der Waals surface area (Å²) < 4.78 is 6.04. The van der Waals surface area contributed by atoms with Crippen LogP contribution in [0.4, 0.5) is 0 Å². The zero-order chi connectivity index (χ0) is 43.1. The van der Waals surface area contributed by atoms with Crippen LogP contribution in [-0.4, -0.2) is 103 Å². The smallest absolute Gasteiger partial charge is 0.141 e. The van der Waals surface area contributed by atoms with E-state index in [0.29, 0.717) is 19.1 Å². The van der Waals surface area contributed by atoms with Gasteiger partial charge in [-0.2, -0.15) is 0 Å². The lowest BCUT2D eigenvalue weighted by atomic mass is 10.1. The van der Waals surface area contributed by atoms with Crippen molar-refractivity contribution in [1.82, 2.24) is 40.0 Å². The molecule has 11 nitrogen and oxygen atoms in total. The molecular weight excluding hydrogens is 749 g/mol. The molecule has 3 heterocycles. The van der Waals surface area contributed by atoms with Crippen molar-refractivity contribution in [2.75, 3.05) is 55.4 Å². The molecule has 1 saturated heterocycles. The normalized spacial score (nSPS) is 13.9. The van der Waals surface area contributed by atoms with Crippen LogP contribution in [0.25, 0.3) is 22.5 Å². The van der Waals surface area contributed by atoms with E-state index >= 15 is 0 Å².